The third-order valence-electron chi connectivity index (χ3n) is 6.65. The monoisotopic (exact) mass is 321 g/mol. The third kappa shape index (κ3) is 2.18. The predicted molar refractivity (Wildman–Crippen MR) is 91.4 cm³/mol. The molecule has 2 aliphatic carbocycles. The first-order valence-corrected chi connectivity index (χ1v) is 9.21. The minimum atomic E-state index is 0.152. The summed E-state index contributed by atoms with van der Waals surface area (Å²) in [5.74, 6) is 0.852. The maximum atomic E-state index is 9.18. The standard InChI is InChI=1S/C20H23N3O/c21-11-15-3-4-17-18(9-15)23(14-22-17)13-19-10-16(19)5-7-20(12-19)6-1-2-8-24-20/h3-4,9,14,16H,1-2,5-8,10,12-13H2/t16-,19-,20+/m0/s1. The Hall–Kier alpha value is -1.86. The van der Waals surface area contributed by atoms with Gasteiger partial charge in [-0.2, -0.15) is 5.26 Å². The molecule has 0 N–H and O–H groups in total. The number of aromatic nitrogens is 2. The van der Waals surface area contributed by atoms with Crippen LogP contribution in [-0.4, -0.2) is 21.8 Å². The highest BCUT2D eigenvalue weighted by Gasteiger charge is 2.61. The van der Waals surface area contributed by atoms with Crippen LogP contribution in [0.25, 0.3) is 11.0 Å². The number of fused-ring (bicyclic) bond motifs is 2. The molecule has 3 fully saturated rings. The topological polar surface area (TPSA) is 50.8 Å². The second-order valence-electron chi connectivity index (χ2n) is 8.16. The largest absolute Gasteiger partial charge is 0.375 e. The lowest BCUT2D eigenvalue weighted by atomic mass is 9.74. The molecular weight excluding hydrogens is 298 g/mol. The maximum Gasteiger partial charge on any atom is 0.0992 e. The highest BCUT2D eigenvalue weighted by molar-refractivity contribution is 5.77. The number of hydrogen-bond donors (Lipinski definition) is 0. The number of nitriles is 1. The molecule has 4 nitrogen and oxygen atoms in total. The van der Waals surface area contributed by atoms with Gasteiger partial charge in [-0.15, -0.1) is 0 Å². The summed E-state index contributed by atoms with van der Waals surface area (Å²) < 4.78 is 8.58. The zero-order chi connectivity index (χ0) is 16.2. The average Bonchev–Trinajstić information content (AvgIpc) is 3.17. The van der Waals surface area contributed by atoms with Gasteiger partial charge in [-0.3, -0.25) is 0 Å². The number of nitrogens with zero attached hydrogens (tertiary/aromatic N) is 3. The lowest BCUT2D eigenvalue weighted by Crippen LogP contribution is -2.42. The Labute approximate surface area is 142 Å². The molecule has 1 aliphatic heterocycles. The number of hydrogen-bond acceptors (Lipinski definition) is 3. The van der Waals surface area contributed by atoms with E-state index in [1.165, 1.54) is 44.9 Å². The fourth-order valence-corrected chi connectivity index (χ4v) is 5.31. The Bertz CT molecular complexity index is 827. The highest BCUT2D eigenvalue weighted by atomic mass is 16.5. The van der Waals surface area contributed by atoms with Crippen LogP contribution < -0.4 is 0 Å². The molecule has 4 heteroatoms. The van der Waals surface area contributed by atoms with E-state index >= 15 is 0 Å². The van der Waals surface area contributed by atoms with Crippen molar-refractivity contribution in [1.82, 2.24) is 9.55 Å². The Morgan fingerprint density at radius 2 is 2.29 bits per heavy atom. The summed E-state index contributed by atoms with van der Waals surface area (Å²) in [6, 6.07) is 8.03. The Kier molecular flexibility index (Phi) is 3.06. The van der Waals surface area contributed by atoms with Crippen molar-refractivity contribution in [3.63, 3.8) is 0 Å². The SMILES string of the molecule is N#Cc1ccc2ncn(C[C@@]34C[C@@H]3CC[C@]3(CCCCO3)C4)c2c1. The van der Waals surface area contributed by atoms with Gasteiger partial charge in [0.05, 0.1) is 34.6 Å². The van der Waals surface area contributed by atoms with Gasteiger partial charge in [0.25, 0.3) is 0 Å². The van der Waals surface area contributed by atoms with Crippen molar-refractivity contribution in [3.05, 3.63) is 30.1 Å². The van der Waals surface area contributed by atoms with E-state index in [-0.39, 0.29) is 5.60 Å². The minimum absolute atomic E-state index is 0.152. The van der Waals surface area contributed by atoms with Crippen LogP contribution in [-0.2, 0) is 11.3 Å². The molecule has 124 valence electrons. The number of benzene rings is 1. The van der Waals surface area contributed by atoms with Crippen LogP contribution in [0, 0.1) is 22.7 Å². The molecule has 2 heterocycles. The van der Waals surface area contributed by atoms with Crippen molar-refractivity contribution in [3.8, 4) is 6.07 Å². The van der Waals surface area contributed by atoms with Gasteiger partial charge in [0.2, 0.25) is 0 Å². The van der Waals surface area contributed by atoms with E-state index in [1.807, 2.05) is 24.5 Å². The van der Waals surface area contributed by atoms with Crippen LogP contribution >= 0.6 is 0 Å². The summed E-state index contributed by atoms with van der Waals surface area (Å²) >= 11 is 0. The molecule has 1 aromatic heterocycles. The average molecular weight is 321 g/mol. The van der Waals surface area contributed by atoms with Crippen molar-refractivity contribution >= 4 is 11.0 Å². The van der Waals surface area contributed by atoms with Gasteiger partial charge in [0, 0.05) is 13.2 Å². The third-order valence-corrected chi connectivity index (χ3v) is 6.65. The first kappa shape index (κ1) is 14.5. The van der Waals surface area contributed by atoms with E-state index in [1.54, 1.807) is 0 Å². The van der Waals surface area contributed by atoms with E-state index in [2.05, 4.69) is 15.6 Å². The normalized spacial score (nSPS) is 34.9. The zero-order valence-electron chi connectivity index (χ0n) is 14.0. The Morgan fingerprint density at radius 3 is 3.12 bits per heavy atom. The molecule has 1 saturated heterocycles. The Morgan fingerprint density at radius 1 is 1.33 bits per heavy atom. The lowest BCUT2D eigenvalue weighted by molar-refractivity contribution is -0.115. The predicted octanol–water partition coefficient (Wildman–Crippen LogP) is 4.04. The Balaban J connectivity index is 1.44. The zero-order valence-corrected chi connectivity index (χ0v) is 14.0. The number of rotatable bonds is 2. The van der Waals surface area contributed by atoms with Crippen LogP contribution in [0.15, 0.2) is 24.5 Å². The molecule has 0 unspecified atom stereocenters. The fraction of sp³-hybridized carbons (Fsp3) is 0.600. The first-order chi connectivity index (χ1) is 11.7. The first-order valence-electron chi connectivity index (χ1n) is 9.21. The summed E-state index contributed by atoms with van der Waals surface area (Å²) in [5, 5.41) is 9.18. The molecule has 24 heavy (non-hydrogen) atoms. The van der Waals surface area contributed by atoms with Crippen LogP contribution in [0.5, 0.6) is 0 Å². The van der Waals surface area contributed by atoms with Gasteiger partial charge in [-0.25, -0.2) is 4.98 Å². The summed E-state index contributed by atoms with van der Waals surface area (Å²) in [5.41, 5.74) is 3.34. The maximum absolute atomic E-state index is 9.18. The van der Waals surface area contributed by atoms with E-state index in [0.717, 1.165) is 30.1 Å². The fourth-order valence-electron chi connectivity index (χ4n) is 5.31. The molecule has 0 radical (unpaired) electrons. The highest BCUT2D eigenvalue weighted by Crippen LogP contribution is 2.66. The molecule has 2 aromatic rings. The molecule has 1 spiro atoms. The van der Waals surface area contributed by atoms with Gasteiger partial charge < -0.3 is 9.30 Å². The second-order valence-corrected chi connectivity index (χ2v) is 8.16. The van der Waals surface area contributed by atoms with E-state index < -0.39 is 0 Å². The van der Waals surface area contributed by atoms with Gasteiger partial charge in [0.1, 0.15) is 0 Å². The molecule has 3 aliphatic rings. The summed E-state index contributed by atoms with van der Waals surface area (Å²) in [6.07, 6.45) is 10.8. The molecular formula is C20H23N3O. The van der Waals surface area contributed by atoms with Gasteiger partial charge in [0.15, 0.2) is 0 Å². The quantitative estimate of drug-likeness (QED) is 0.839. The van der Waals surface area contributed by atoms with Crippen molar-refractivity contribution in [2.24, 2.45) is 11.3 Å². The van der Waals surface area contributed by atoms with Gasteiger partial charge in [-0.1, -0.05) is 0 Å². The molecule has 0 bridgehead atoms. The van der Waals surface area contributed by atoms with E-state index in [9.17, 15) is 5.26 Å². The molecule has 5 rings (SSSR count). The molecule has 2 saturated carbocycles. The van der Waals surface area contributed by atoms with Gasteiger partial charge >= 0.3 is 0 Å². The van der Waals surface area contributed by atoms with Crippen molar-refractivity contribution in [1.29, 1.82) is 5.26 Å². The van der Waals surface area contributed by atoms with Crippen LogP contribution in [0.3, 0.4) is 0 Å². The molecule has 3 atom stereocenters. The van der Waals surface area contributed by atoms with Crippen molar-refractivity contribution in [2.75, 3.05) is 6.61 Å². The second kappa shape index (κ2) is 5.07. The lowest BCUT2D eigenvalue weighted by Gasteiger charge is -2.43. The van der Waals surface area contributed by atoms with Crippen LogP contribution in [0.4, 0.5) is 0 Å². The van der Waals surface area contributed by atoms with Crippen molar-refractivity contribution in [2.45, 2.75) is 57.1 Å². The smallest absolute Gasteiger partial charge is 0.0992 e. The molecule has 1 aromatic carbocycles. The summed E-state index contributed by atoms with van der Waals surface area (Å²) in [6.45, 7) is 1.97. The van der Waals surface area contributed by atoms with Crippen LogP contribution in [0.2, 0.25) is 0 Å². The van der Waals surface area contributed by atoms with E-state index in [4.69, 9.17) is 4.74 Å². The summed E-state index contributed by atoms with van der Waals surface area (Å²) in [7, 11) is 0. The van der Waals surface area contributed by atoms with E-state index in [0.29, 0.717) is 11.0 Å². The number of ether oxygens (including phenoxy) is 1. The van der Waals surface area contributed by atoms with Gasteiger partial charge in [-0.05, 0) is 74.5 Å². The molecule has 0 amide bonds. The summed E-state index contributed by atoms with van der Waals surface area (Å²) in [4.78, 5) is 4.54. The minimum Gasteiger partial charge on any atom is -0.375 e. The number of imidazole rings is 1. The van der Waals surface area contributed by atoms with Crippen molar-refractivity contribution < 1.29 is 4.74 Å². The van der Waals surface area contributed by atoms with Crippen LogP contribution in [0.1, 0.15) is 50.5 Å².